The molecule has 0 atom stereocenters. The van der Waals surface area contributed by atoms with Gasteiger partial charge in [0.15, 0.2) is 11.2 Å². The van der Waals surface area contributed by atoms with E-state index in [9.17, 15) is 4.79 Å². The minimum absolute atomic E-state index is 0.0907. The molecule has 1 aromatic heterocycles. The minimum atomic E-state index is -0.0907. The van der Waals surface area contributed by atoms with Crippen molar-refractivity contribution in [3.8, 4) is 28.6 Å². The predicted octanol–water partition coefficient (Wildman–Crippen LogP) is 4.73. The van der Waals surface area contributed by atoms with Crippen LogP contribution in [0.2, 0.25) is 0 Å². The molecule has 0 spiro atoms. The highest BCUT2D eigenvalue weighted by Crippen LogP contribution is 2.32. The van der Waals surface area contributed by atoms with Crippen molar-refractivity contribution >= 4 is 22.3 Å². The first-order valence-electron chi connectivity index (χ1n) is 9.01. The lowest BCUT2D eigenvalue weighted by Crippen LogP contribution is -2.07. The van der Waals surface area contributed by atoms with E-state index in [2.05, 4.69) is 0 Å². The van der Waals surface area contributed by atoms with E-state index in [4.69, 9.17) is 25.4 Å². The zero-order chi connectivity index (χ0) is 20.5. The summed E-state index contributed by atoms with van der Waals surface area (Å²) in [6, 6.07) is 17.4. The van der Waals surface area contributed by atoms with Crippen molar-refractivity contribution in [1.82, 2.24) is 0 Å². The first-order valence-corrected chi connectivity index (χ1v) is 9.01. The molecule has 0 aliphatic heterocycles. The fraction of sp³-hybridized carbons (Fsp3) is 0.0870. The molecule has 6 heteroatoms. The Morgan fingerprint density at radius 3 is 2.34 bits per heavy atom. The number of nitrogens with two attached hydrogens (primary N) is 2. The van der Waals surface area contributed by atoms with Gasteiger partial charge in [-0.25, -0.2) is 0 Å². The standard InChI is InChI=1S/C23H20N2O4/c1-13-22(26)18-9-8-17(28-21-11-15(24)5-10-19(21)25)12-20(18)29-23(13)14-3-6-16(27-2)7-4-14/h3-12H,24-25H2,1-2H3. The Kier molecular flexibility index (Phi) is 4.60. The summed E-state index contributed by atoms with van der Waals surface area (Å²) in [5, 5.41) is 0.479. The summed E-state index contributed by atoms with van der Waals surface area (Å²) in [4.78, 5) is 12.9. The van der Waals surface area contributed by atoms with Crippen molar-refractivity contribution in [1.29, 1.82) is 0 Å². The first-order chi connectivity index (χ1) is 14.0. The average Bonchev–Trinajstić information content (AvgIpc) is 2.73. The summed E-state index contributed by atoms with van der Waals surface area (Å²) in [6.07, 6.45) is 0. The fourth-order valence-electron chi connectivity index (χ4n) is 3.11. The molecule has 0 unspecified atom stereocenters. The summed E-state index contributed by atoms with van der Waals surface area (Å²) < 4.78 is 17.1. The van der Waals surface area contributed by atoms with E-state index < -0.39 is 0 Å². The Bertz CT molecular complexity index is 1260. The van der Waals surface area contributed by atoms with Gasteiger partial charge in [-0.05, 0) is 55.5 Å². The number of methoxy groups -OCH3 is 1. The van der Waals surface area contributed by atoms with Gasteiger partial charge in [0.25, 0.3) is 0 Å². The number of anilines is 2. The van der Waals surface area contributed by atoms with Crippen molar-refractivity contribution in [2.24, 2.45) is 0 Å². The number of benzene rings is 3. The van der Waals surface area contributed by atoms with E-state index in [1.165, 1.54) is 0 Å². The van der Waals surface area contributed by atoms with Gasteiger partial charge in [-0.3, -0.25) is 4.79 Å². The first kappa shape index (κ1) is 18.4. The molecule has 0 aliphatic rings. The highest BCUT2D eigenvalue weighted by atomic mass is 16.5. The van der Waals surface area contributed by atoms with Gasteiger partial charge in [-0.1, -0.05) is 0 Å². The van der Waals surface area contributed by atoms with Crippen LogP contribution in [0.1, 0.15) is 5.56 Å². The molecule has 146 valence electrons. The molecule has 6 nitrogen and oxygen atoms in total. The van der Waals surface area contributed by atoms with E-state index in [0.29, 0.717) is 45.2 Å². The Morgan fingerprint density at radius 1 is 0.897 bits per heavy atom. The normalized spacial score (nSPS) is 10.8. The highest BCUT2D eigenvalue weighted by molar-refractivity contribution is 5.82. The Morgan fingerprint density at radius 2 is 1.62 bits per heavy atom. The number of hydrogen-bond donors (Lipinski definition) is 2. The quantitative estimate of drug-likeness (QED) is 0.490. The maximum Gasteiger partial charge on any atom is 0.196 e. The summed E-state index contributed by atoms with van der Waals surface area (Å²) >= 11 is 0. The largest absolute Gasteiger partial charge is 0.497 e. The summed E-state index contributed by atoms with van der Waals surface area (Å²) in [6.45, 7) is 1.75. The van der Waals surface area contributed by atoms with Crippen molar-refractivity contribution in [2.75, 3.05) is 18.6 Å². The van der Waals surface area contributed by atoms with Gasteiger partial charge in [-0.15, -0.1) is 0 Å². The SMILES string of the molecule is COc1ccc(-c2oc3cc(Oc4cc(N)ccc4N)ccc3c(=O)c2C)cc1. The zero-order valence-electron chi connectivity index (χ0n) is 16.1. The molecule has 1 heterocycles. The van der Waals surface area contributed by atoms with Gasteiger partial charge in [0.05, 0.1) is 18.2 Å². The summed E-state index contributed by atoms with van der Waals surface area (Å²) in [5.41, 5.74) is 14.4. The van der Waals surface area contributed by atoms with Crippen molar-refractivity contribution < 1.29 is 13.9 Å². The number of fused-ring (bicyclic) bond motifs is 1. The second-order valence-electron chi connectivity index (χ2n) is 6.67. The van der Waals surface area contributed by atoms with Crippen LogP contribution in [0.15, 0.2) is 69.9 Å². The van der Waals surface area contributed by atoms with E-state index in [0.717, 1.165) is 11.3 Å². The second kappa shape index (κ2) is 7.24. The number of rotatable bonds is 4. The molecule has 0 aliphatic carbocycles. The Hall–Kier alpha value is -3.93. The average molecular weight is 388 g/mol. The van der Waals surface area contributed by atoms with Crippen LogP contribution in [0, 0.1) is 6.92 Å². The number of nitrogen functional groups attached to an aromatic ring is 2. The van der Waals surface area contributed by atoms with Crippen LogP contribution in [0.25, 0.3) is 22.3 Å². The van der Waals surface area contributed by atoms with Gasteiger partial charge in [-0.2, -0.15) is 0 Å². The third kappa shape index (κ3) is 3.48. The van der Waals surface area contributed by atoms with E-state index >= 15 is 0 Å². The van der Waals surface area contributed by atoms with Gasteiger partial charge in [0, 0.05) is 28.9 Å². The van der Waals surface area contributed by atoms with Crippen molar-refractivity contribution in [2.45, 2.75) is 6.92 Å². The molecular weight excluding hydrogens is 368 g/mol. The lowest BCUT2D eigenvalue weighted by molar-refractivity contribution is 0.415. The molecule has 0 fully saturated rings. The van der Waals surface area contributed by atoms with Gasteiger partial charge in [0.1, 0.15) is 22.8 Å². The zero-order valence-corrected chi connectivity index (χ0v) is 16.1. The summed E-state index contributed by atoms with van der Waals surface area (Å²) in [5.74, 6) is 2.16. The van der Waals surface area contributed by atoms with Crippen molar-refractivity contribution in [3.05, 3.63) is 76.5 Å². The topological polar surface area (TPSA) is 101 Å². The van der Waals surface area contributed by atoms with Crippen LogP contribution in [0.4, 0.5) is 11.4 Å². The van der Waals surface area contributed by atoms with E-state index in [1.807, 2.05) is 24.3 Å². The fourth-order valence-corrected chi connectivity index (χ4v) is 3.11. The van der Waals surface area contributed by atoms with Crippen LogP contribution in [-0.2, 0) is 0 Å². The van der Waals surface area contributed by atoms with Crippen LogP contribution >= 0.6 is 0 Å². The lowest BCUT2D eigenvalue weighted by atomic mass is 10.1. The molecule has 4 N–H and O–H groups in total. The maximum absolute atomic E-state index is 12.9. The monoisotopic (exact) mass is 388 g/mol. The molecule has 0 saturated heterocycles. The van der Waals surface area contributed by atoms with Crippen LogP contribution in [0.3, 0.4) is 0 Å². The number of ether oxygens (including phenoxy) is 2. The third-order valence-corrected chi connectivity index (χ3v) is 4.71. The molecule has 0 radical (unpaired) electrons. The molecule has 0 saturated carbocycles. The Labute approximate surface area is 167 Å². The van der Waals surface area contributed by atoms with E-state index in [1.54, 1.807) is 50.4 Å². The highest BCUT2D eigenvalue weighted by Gasteiger charge is 2.14. The minimum Gasteiger partial charge on any atom is -0.497 e. The van der Waals surface area contributed by atoms with Crippen molar-refractivity contribution in [3.63, 3.8) is 0 Å². The van der Waals surface area contributed by atoms with E-state index in [-0.39, 0.29) is 5.43 Å². The van der Waals surface area contributed by atoms with Gasteiger partial charge >= 0.3 is 0 Å². The summed E-state index contributed by atoms with van der Waals surface area (Å²) in [7, 11) is 1.60. The molecule has 0 bridgehead atoms. The second-order valence-corrected chi connectivity index (χ2v) is 6.67. The van der Waals surface area contributed by atoms with Crippen LogP contribution < -0.4 is 26.4 Å². The molecule has 4 rings (SSSR count). The molecule has 4 aromatic rings. The van der Waals surface area contributed by atoms with Crippen LogP contribution in [0.5, 0.6) is 17.2 Å². The van der Waals surface area contributed by atoms with Gasteiger partial charge < -0.3 is 25.4 Å². The molecule has 3 aromatic carbocycles. The van der Waals surface area contributed by atoms with Gasteiger partial charge in [0.2, 0.25) is 0 Å². The molecular formula is C23H20N2O4. The number of hydrogen-bond acceptors (Lipinski definition) is 6. The Balaban J connectivity index is 1.80. The third-order valence-electron chi connectivity index (χ3n) is 4.71. The lowest BCUT2D eigenvalue weighted by Gasteiger charge is -2.11. The predicted molar refractivity (Wildman–Crippen MR) is 115 cm³/mol. The smallest absolute Gasteiger partial charge is 0.196 e. The van der Waals surface area contributed by atoms with Crippen LogP contribution in [-0.4, -0.2) is 7.11 Å². The maximum atomic E-state index is 12.9. The molecule has 0 amide bonds. The molecule has 29 heavy (non-hydrogen) atoms.